The number of nitro groups is 1. The van der Waals surface area contributed by atoms with E-state index >= 15 is 0 Å². The van der Waals surface area contributed by atoms with Crippen molar-refractivity contribution in [2.75, 3.05) is 0 Å². The maximum absolute atomic E-state index is 13.1. The summed E-state index contributed by atoms with van der Waals surface area (Å²) >= 11 is 0. The minimum absolute atomic E-state index is 0.0527. The van der Waals surface area contributed by atoms with Crippen LogP contribution in [-0.4, -0.2) is 10.9 Å². The molecule has 0 saturated heterocycles. The third-order valence-corrected chi connectivity index (χ3v) is 1.71. The summed E-state index contributed by atoms with van der Waals surface area (Å²) < 4.78 is 13.1. The molecule has 0 saturated carbocycles. The van der Waals surface area contributed by atoms with Gasteiger partial charge in [-0.2, -0.15) is 0 Å². The van der Waals surface area contributed by atoms with Crippen molar-refractivity contribution in [2.24, 2.45) is 5.73 Å². The van der Waals surface area contributed by atoms with Gasteiger partial charge in [-0.1, -0.05) is 0 Å². The summed E-state index contributed by atoms with van der Waals surface area (Å²) in [6.45, 7) is -0.0527. The second kappa shape index (κ2) is 4.36. The van der Waals surface area contributed by atoms with E-state index in [0.717, 1.165) is 18.2 Å². The molecular weight excluding hydrogens is 203 g/mol. The maximum atomic E-state index is 13.1. The topological polar surface area (TPSA) is 105 Å². The van der Waals surface area contributed by atoms with E-state index in [2.05, 4.69) is 5.32 Å². The molecule has 80 valence electrons. The fourth-order valence-corrected chi connectivity index (χ4v) is 1.00. The molecule has 0 unspecified atom stereocenters. The number of nitro benzene ring substituents is 1. The smallest absolute Gasteiger partial charge is 0.269 e. The Morgan fingerprint density at radius 1 is 1.67 bits per heavy atom. The molecule has 0 aliphatic rings. The second-order valence-electron chi connectivity index (χ2n) is 2.80. The van der Waals surface area contributed by atoms with Gasteiger partial charge in [-0.05, 0) is 6.07 Å². The van der Waals surface area contributed by atoms with Gasteiger partial charge in [0.05, 0.1) is 4.92 Å². The van der Waals surface area contributed by atoms with E-state index < -0.39 is 10.7 Å². The minimum Gasteiger partial charge on any atom is -0.370 e. The molecule has 1 aromatic rings. The van der Waals surface area contributed by atoms with Crippen LogP contribution in [0, 0.1) is 21.3 Å². The van der Waals surface area contributed by atoms with Crippen molar-refractivity contribution in [1.29, 1.82) is 5.41 Å². The average Bonchev–Trinajstić information content (AvgIpc) is 2.16. The third kappa shape index (κ3) is 2.90. The Hall–Kier alpha value is -2.18. The Morgan fingerprint density at radius 3 is 2.87 bits per heavy atom. The zero-order chi connectivity index (χ0) is 11.4. The lowest BCUT2D eigenvalue weighted by Gasteiger charge is -2.04. The predicted molar refractivity (Wildman–Crippen MR) is 51.8 cm³/mol. The monoisotopic (exact) mass is 212 g/mol. The predicted octanol–water partition coefficient (Wildman–Crippen LogP) is 0.717. The summed E-state index contributed by atoms with van der Waals surface area (Å²) in [4.78, 5) is 9.78. The highest BCUT2D eigenvalue weighted by Crippen LogP contribution is 2.16. The van der Waals surface area contributed by atoms with Gasteiger partial charge in [0.1, 0.15) is 5.82 Å². The zero-order valence-electron chi connectivity index (χ0n) is 7.66. The summed E-state index contributed by atoms with van der Waals surface area (Å²) in [5, 5.41) is 19.6. The highest BCUT2D eigenvalue weighted by atomic mass is 19.1. The lowest BCUT2D eigenvalue weighted by Crippen LogP contribution is -2.29. The third-order valence-electron chi connectivity index (χ3n) is 1.71. The van der Waals surface area contributed by atoms with E-state index in [4.69, 9.17) is 11.1 Å². The molecule has 0 aliphatic heterocycles. The van der Waals surface area contributed by atoms with Crippen LogP contribution in [-0.2, 0) is 6.54 Å². The first kappa shape index (κ1) is 10.9. The van der Waals surface area contributed by atoms with Crippen LogP contribution in [0.1, 0.15) is 5.56 Å². The maximum Gasteiger partial charge on any atom is 0.269 e. The van der Waals surface area contributed by atoms with Gasteiger partial charge >= 0.3 is 0 Å². The molecule has 0 radical (unpaired) electrons. The van der Waals surface area contributed by atoms with Gasteiger partial charge in [0.15, 0.2) is 5.96 Å². The number of halogens is 1. The van der Waals surface area contributed by atoms with Gasteiger partial charge in [0.25, 0.3) is 5.69 Å². The largest absolute Gasteiger partial charge is 0.370 e. The molecule has 0 aromatic heterocycles. The molecule has 0 aliphatic carbocycles. The second-order valence-corrected chi connectivity index (χ2v) is 2.80. The number of nitrogens with two attached hydrogens (primary N) is 1. The van der Waals surface area contributed by atoms with E-state index in [1.165, 1.54) is 0 Å². The first-order valence-corrected chi connectivity index (χ1v) is 4.01. The molecule has 0 bridgehead atoms. The fraction of sp³-hybridized carbons (Fsp3) is 0.125. The SMILES string of the molecule is N=C(N)NCc1cc([N+](=O)[O-])ccc1F. The molecule has 1 rings (SSSR count). The Morgan fingerprint density at radius 2 is 2.33 bits per heavy atom. The summed E-state index contributed by atoms with van der Waals surface area (Å²) in [6.07, 6.45) is 0. The van der Waals surface area contributed by atoms with E-state index in [1.54, 1.807) is 0 Å². The van der Waals surface area contributed by atoms with Crippen LogP contribution in [0.25, 0.3) is 0 Å². The number of non-ortho nitro benzene ring substituents is 1. The first-order chi connectivity index (χ1) is 7.00. The van der Waals surface area contributed by atoms with Gasteiger partial charge in [0, 0.05) is 24.2 Å². The molecule has 0 fully saturated rings. The molecule has 0 atom stereocenters. The van der Waals surface area contributed by atoms with Gasteiger partial charge in [-0.25, -0.2) is 4.39 Å². The summed E-state index contributed by atoms with van der Waals surface area (Å²) in [7, 11) is 0. The quantitative estimate of drug-likeness (QED) is 0.297. The molecule has 0 spiro atoms. The minimum atomic E-state index is -0.614. The van der Waals surface area contributed by atoms with Crippen molar-refractivity contribution in [1.82, 2.24) is 5.32 Å². The number of guanidine groups is 1. The average molecular weight is 212 g/mol. The normalized spacial score (nSPS) is 9.67. The molecule has 0 heterocycles. The molecular formula is C8H9FN4O2. The number of benzene rings is 1. The fourth-order valence-electron chi connectivity index (χ4n) is 1.00. The lowest BCUT2D eigenvalue weighted by molar-refractivity contribution is -0.385. The number of nitrogens with one attached hydrogen (secondary N) is 2. The molecule has 15 heavy (non-hydrogen) atoms. The van der Waals surface area contributed by atoms with Gasteiger partial charge in [-0.3, -0.25) is 15.5 Å². The van der Waals surface area contributed by atoms with Gasteiger partial charge in [0.2, 0.25) is 0 Å². The van der Waals surface area contributed by atoms with Crippen molar-refractivity contribution in [3.63, 3.8) is 0 Å². The number of hydrogen-bond acceptors (Lipinski definition) is 3. The van der Waals surface area contributed by atoms with Crippen molar-refractivity contribution in [3.8, 4) is 0 Å². The summed E-state index contributed by atoms with van der Waals surface area (Å²) in [5.74, 6) is -0.893. The zero-order valence-corrected chi connectivity index (χ0v) is 7.66. The van der Waals surface area contributed by atoms with Crippen LogP contribution in [0.2, 0.25) is 0 Å². The Labute approximate surface area is 84.6 Å². The van der Waals surface area contributed by atoms with E-state index in [0.29, 0.717) is 0 Å². The lowest BCUT2D eigenvalue weighted by atomic mass is 10.2. The standard InChI is InChI=1S/C8H9FN4O2/c9-7-2-1-6(13(14)15)3-5(7)4-12-8(10)11/h1-3H,4H2,(H4,10,11,12). The molecule has 6 nitrogen and oxygen atoms in total. The van der Waals surface area contributed by atoms with E-state index in [1.807, 2.05) is 0 Å². The number of rotatable bonds is 3. The van der Waals surface area contributed by atoms with Crippen molar-refractivity contribution in [3.05, 3.63) is 39.7 Å². The van der Waals surface area contributed by atoms with Crippen LogP contribution in [0.5, 0.6) is 0 Å². The van der Waals surface area contributed by atoms with Crippen molar-refractivity contribution < 1.29 is 9.31 Å². The van der Waals surface area contributed by atoms with Crippen molar-refractivity contribution in [2.45, 2.75) is 6.54 Å². The van der Waals surface area contributed by atoms with E-state index in [9.17, 15) is 14.5 Å². The number of nitrogens with zero attached hydrogens (tertiary/aromatic N) is 1. The first-order valence-electron chi connectivity index (χ1n) is 4.01. The van der Waals surface area contributed by atoms with Gasteiger partial charge in [-0.15, -0.1) is 0 Å². The highest BCUT2D eigenvalue weighted by Gasteiger charge is 2.10. The van der Waals surface area contributed by atoms with Gasteiger partial charge < -0.3 is 11.1 Å². The molecule has 7 heteroatoms. The molecule has 4 N–H and O–H groups in total. The Bertz CT molecular complexity index is 408. The molecule has 1 aromatic carbocycles. The van der Waals surface area contributed by atoms with Crippen molar-refractivity contribution >= 4 is 11.6 Å². The van der Waals surface area contributed by atoms with Crippen LogP contribution < -0.4 is 11.1 Å². The number of hydrogen-bond donors (Lipinski definition) is 3. The van der Waals surface area contributed by atoms with Crippen LogP contribution in [0.3, 0.4) is 0 Å². The molecule has 0 amide bonds. The highest BCUT2D eigenvalue weighted by molar-refractivity contribution is 5.74. The van der Waals surface area contributed by atoms with Crippen LogP contribution in [0.15, 0.2) is 18.2 Å². The van der Waals surface area contributed by atoms with Crippen LogP contribution >= 0.6 is 0 Å². The van der Waals surface area contributed by atoms with E-state index in [-0.39, 0.29) is 23.8 Å². The Kier molecular flexibility index (Phi) is 3.17. The summed E-state index contributed by atoms with van der Waals surface area (Å²) in [5.41, 5.74) is 4.90. The van der Waals surface area contributed by atoms with Crippen LogP contribution in [0.4, 0.5) is 10.1 Å². The Balaban J connectivity index is 2.90. The summed E-state index contributed by atoms with van der Waals surface area (Å²) in [6, 6.07) is 3.19.